The second kappa shape index (κ2) is 5.41. The van der Waals surface area contributed by atoms with Crippen LogP contribution in [0.2, 0.25) is 0 Å². The molecule has 1 aliphatic heterocycles. The third kappa shape index (κ3) is 3.03. The monoisotopic (exact) mass is 211 g/mol. The molecule has 1 aromatic rings. The lowest BCUT2D eigenvalue weighted by atomic mass is 10.1. The normalized spacial score (nSPS) is 18.6. The van der Waals surface area contributed by atoms with Crippen molar-refractivity contribution >= 4 is 11.8 Å². The highest BCUT2D eigenvalue weighted by molar-refractivity contribution is 7.99. The van der Waals surface area contributed by atoms with E-state index in [1.54, 1.807) is 0 Å². The average Bonchev–Trinajstić information content (AvgIpc) is 2.72. The van der Waals surface area contributed by atoms with Gasteiger partial charge in [0.05, 0.1) is 6.33 Å². The molecule has 78 valence electrons. The second-order valence-corrected chi connectivity index (χ2v) is 4.87. The number of thioether (sulfide) groups is 1. The van der Waals surface area contributed by atoms with E-state index in [1.807, 2.05) is 18.7 Å². The molecule has 14 heavy (non-hydrogen) atoms. The average molecular weight is 211 g/mol. The fraction of sp³-hybridized carbons (Fsp3) is 0.700. The van der Waals surface area contributed by atoms with Gasteiger partial charge in [-0.2, -0.15) is 11.8 Å². The summed E-state index contributed by atoms with van der Waals surface area (Å²) >= 11 is 2.07. The highest BCUT2D eigenvalue weighted by Gasteiger charge is 2.11. The Kier molecular flexibility index (Phi) is 3.89. The van der Waals surface area contributed by atoms with Gasteiger partial charge in [-0.15, -0.1) is 0 Å². The zero-order valence-corrected chi connectivity index (χ0v) is 9.17. The Bertz CT molecular complexity index is 242. The van der Waals surface area contributed by atoms with E-state index in [0.29, 0.717) is 0 Å². The molecule has 0 amide bonds. The van der Waals surface area contributed by atoms with Crippen molar-refractivity contribution in [3.63, 3.8) is 0 Å². The molecule has 0 radical (unpaired) electrons. The molecular formula is C10H17N3S. The van der Waals surface area contributed by atoms with Gasteiger partial charge in [0, 0.05) is 31.5 Å². The van der Waals surface area contributed by atoms with Gasteiger partial charge in [-0.3, -0.25) is 0 Å². The van der Waals surface area contributed by atoms with Crippen LogP contribution in [0, 0.1) is 0 Å². The maximum Gasteiger partial charge on any atom is 0.0946 e. The van der Waals surface area contributed by atoms with Crippen molar-refractivity contribution in [3.05, 3.63) is 18.7 Å². The van der Waals surface area contributed by atoms with Crippen LogP contribution in [0.15, 0.2) is 18.7 Å². The third-order valence-electron chi connectivity index (χ3n) is 2.58. The zero-order valence-electron chi connectivity index (χ0n) is 8.35. The smallest absolute Gasteiger partial charge is 0.0946 e. The largest absolute Gasteiger partial charge is 0.336 e. The first-order valence-electron chi connectivity index (χ1n) is 5.22. The van der Waals surface area contributed by atoms with E-state index >= 15 is 0 Å². The van der Waals surface area contributed by atoms with Gasteiger partial charge in [0.15, 0.2) is 0 Å². The van der Waals surface area contributed by atoms with Gasteiger partial charge >= 0.3 is 0 Å². The summed E-state index contributed by atoms with van der Waals surface area (Å²) in [5.74, 6) is 2.64. The first-order valence-corrected chi connectivity index (χ1v) is 6.37. The van der Waals surface area contributed by atoms with E-state index in [9.17, 15) is 0 Å². The zero-order chi connectivity index (χ0) is 9.64. The Hall–Kier alpha value is -0.480. The minimum atomic E-state index is 0.750. The molecule has 2 heterocycles. The molecule has 1 N–H and O–H groups in total. The van der Waals surface area contributed by atoms with Crippen LogP contribution in [0.3, 0.4) is 0 Å². The van der Waals surface area contributed by atoms with Gasteiger partial charge in [-0.1, -0.05) is 0 Å². The lowest BCUT2D eigenvalue weighted by Gasteiger charge is -2.22. The summed E-state index contributed by atoms with van der Waals surface area (Å²) in [4.78, 5) is 4.02. The highest BCUT2D eigenvalue weighted by Crippen LogP contribution is 2.16. The van der Waals surface area contributed by atoms with E-state index in [0.717, 1.165) is 19.1 Å². The molecule has 0 aliphatic carbocycles. The predicted molar refractivity (Wildman–Crippen MR) is 60.6 cm³/mol. The molecule has 1 aromatic heterocycles. The molecule has 0 atom stereocenters. The quantitative estimate of drug-likeness (QED) is 0.816. The first-order chi connectivity index (χ1) is 6.95. The second-order valence-electron chi connectivity index (χ2n) is 3.64. The standard InChI is InChI=1S/C10H17N3S/c1-7-14-8-2-10(1)12-4-6-13-5-3-11-9-13/h3,5,9-10,12H,1-2,4,6-8H2. The minimum absolute atomic E-state index is 0.750. The third-order valence-corrected chi connectivity index (χ3v) is 3.63. The molecule has 0 spiro atoms. The van der Waals surface area contributed by atoms with E-state index in [1.165, 1.54) is 24.3 Å². The van der Waals surface area contributed by atoms with Crippen LogP contribution >= 0.6 is 11.8 Å². The molecule has 0 bridgehead atoms. The summed E-state index contributed by atoms with van der Waals surface area (Å²) in [6, 6.07) is 0.750. The molecule has 3 nitrogen and oxygen atoms in total. The summed E-state index contributed by atoms with van der Waals surface area (Å²) in [5, 5.41) is 3.60. The van der Waals surface area contributed by atoms with Gasteiger partial charge in [0.25, 0.3) is 0 Å². The summed E-state index contributed by atoms with van der Waals surface area (Å²) in [5.41, 5.74) is 0. The number of aromatic nitrogens is 2. The summed E-state index contributed by atoms with van der Waals surface area (Å²) in [7, 11) is 0. The fourth-order valence-electron chi connectivity index (χ4n) is 1.72. The van der Waals surface area contributed by atoms with Crippen LogP contribution in [-0.4, -0.2) is 33.6 Å². The SMILES string of the molecule is c1cn(CCNC2CCSCC2)cn1. The maximum atomic E-state index is 4.02. The van der Waals surface area contributed by atoms with Crippen molar-refractivity contribution in [2.75, 3.05) is 18.1 Å². The number of nitrogens with one attached hydrogen (secondary N) is 1. The van der Waals surface area contributed by atoms with Crippen LogP contribution in [0.4, 0.5) is 0 Å². The van der Waals surface area contributed by atoms with Gasteiger partial charge in [-0.05, 0) is 24.3 Å². The number of hydrogen-bond donors (Lipinski definition) is 1. The summed E-state index contributed by atoms with van der Waals surface area (Å²) in [6.45, 7) is 2.09. The van der Waals surface area contributed by atoms with Crippen LogP contribution in [0.1, 0.15) is 12.8 Å². The number of nitrogens with zero attached hydrogens (tertiary/aromatic N) is 2. The lowest BCUT2D eigenvalue weighted by Crippen LogP contribution is -2.34. The van der Waals surface area contributed by atoms with Gasteiger partial charge in [0.2, 0.25) is 0 Å². The molecule has 1 saturated heterocycles. The summed E-state index contributed by atoms with van der Waals surface area (Å²) in [6.07, 6.45) is 8.37. The Morgan fingerprint density at radius 1 is 1.43 bits per heavy atom. The minimum Gasteiger partial charge on any atom is -0.336 e. The number of hydrogen-bond acceptors (Lipinski definition) is 3. The fourth-order valence-corrected chi connectivity index (χ4v) is 2.82. The Balaban J connectivity index is 1.62. The maximum absolute atomic E-state index is 4.02. The molecule has 2 rings (SSSR count). The topological polar surface area (TPSA) is 29.9 Å². The Morgan fingerprint density at radius 3 is 3.00 bits per heavy atom. The molecular weight excluding hydrogens is 194 g/mol. The van der Waals surface area contributed by atoms with Crippen molar-refractivity contribution in [1.29, 1.82) is 0 Å². The molecule has 0 aromatic carbocycles. The van der Waals surface area contributed by atoms with Crippen molar-refractivity contribution in [3.8, 4) is 0 Å². The molecule has 4 heteroatoms. The van der Waals surface area contributed by atoms with Crippen molar-refractivity contribution in [1.82, 2.24) is 14.9 Å². The highest BCUT2D eigenvalue weighted by atomic mass is 32.2. The van der Waals surface area contributed by atoms with Crippen LogP contribution in [-0.2, 0) is 6.54 Å². The molecule has 0 saturated carbocycles. The summed E-state index contributed by atoms with van der Waals surface area (Å²) < 4.78 is 2.12. The van der Waals surface area contributed by atoms with Gasteiger partial charge < -0.3 is 9.88 Å². The van der Waals surface area contributed by atoms with E-state index in [-0.39, 0.29) is 0 Å². The van der Waals surface area contributed by atoms with Crippen LogP contribution in [0.25, 0.3) is 0 Å². The first kappa shape index (κ1) is 10.1. The Morgan fingerprint density at radius 2 is 2.29 bits per heavy atom. The Labute approximate surface area is 89.3 Å². The van der Waals surface area contributed by atoms with E-state index in [4.69, 9.17) is 0 Å². The van der Waals surface area contributed by atoms with Gasteiger partial charge in [-0.25, -0.2) is 4.98 Å². The predicted octanol–water partition coefficient (Wildman–Crippen LogP) is 1.37. The van der Waals surface area contributed by atoms with Crippen molar-refractivity contribution in [2.24, 2.45) is 0 Å². The van der Waals surface area contributed by atoms with Gasteiger partial charge in [0.1, 0.15) is 0 Å². The van der Waals surface area contributed by atoms with Crippen LogP contribution in [0.5, 0.6) is 0 Å². The molecule has 1 fully saturated rings. The van der Waals surface area contributed by atoms with Crippen LogP contribution < -0.4 is 5.32 Å². The van der Waals surface area contributed by atoms with Crippen molar-refractivity contribution in [2.45, 2.75) is 25.4 Å². The number of imidazole rings is 1. The van der Waals surface area contributed by atoms with E-state index < -0.39 is 0 Å². The lowest BCUT2D eigenvalue weighted by molar-refractivity contribution is 0.464. The molecule has 0 unspecified atom stereocenters. The number of rotatable bonds is 4. The molecule has 1 aliphatic rings. The van der Waals surface area contributed by atoms with Crippen molar-refractivity contribution < 1.29 is 0 Å². The van der Waals surface area contributed by atoms with E-state index in [2.05, 4.69) is 26.6 Å².